The number of nitrogens with zero attached hydrogens (tertiary/aromatic N) is 2. The summed E-state index contributed by atoms with van der Waals surface area (Å²) in [7, 11) is 1.99. The minimum Gasteiger partial charge on any atom is -0.464 e. The van der Waals surface area contributed by atoms with Crippen LogP contribution in [0, 0.1) is 6.92 Å². The summed E-state index contributed by atoms with van der Waals surface area (Å²) >= 11 is 0. The van der Waals surface area contributed by atoms with Crippen LogP contribution in [0.4, 0.5) is 11.5 Å². The van der Waals surface area contributed by atoms with Crippen molar-refractivity contribution in [3.63, 3.8) is 0 Å². The molecule has 5 heteroatoms. The average Bonchev–Trinajstić information content (AvgIpc) is 2.75. The van der Waals surface area contributed by atoms with Crippen LogP contribution in [0.1, 0.15) is 11.5 Å². The van der Waals surface area contributed by atoms with E-state index < -0.39 is 0 Å². The fraction of sp³-hybridized carbons (Fsp3) is 0.250. The Morgan fingerprint density at radius 3 is 2.88 bits per heavy atom. The average molecular weight is 232 g/mol. The minimum absolute atomic E-state index is 0.643. The summed E-state index contributed by atoms with van der Waals surface area (Å²) in [4.78, 5) is 6.14. The Morgan fingerprint density at radius 2 is 2.24 bits per heavy atom. The molecule has 0 aliphatic rings. The zero-order valence-corrected chi connectivity index (χ0v) is 9.97. The molecule has 0 fully saturated rings. The number of hydrogen-bond acceptors (Lipinski definition) is 5. The van der Waals surface area contributed by atoms with Crippen molar-refractivity contribution < 1.29 is 4.42 Å². The molecule has 0 spiro atoms. The highest BCUT2D eigenvalue weighted by Crippen LogP contribution is 2.18. The van der Waals surface area contributed by atoms with Crippen molar-refractivity contribution in [2.24, 2.45) is 5.84 Å². The van der Waals surface area contributed by atoms with Crippen LogP contribution in [-0.4, -0.2) is 12.0 Å². The number of pyridine rings is 1. The molecule has 0 amide bonds. The number of furan rings is 1. The second-order valence-corrected chi connectivity index (χ2v) is 3.91. The Labute approximate surface area is 100 Å². The van der Waals surface area contributed by atoms with Crippen LogP contribution < -0.4 is 16.2 Å². The second-order valence-electron chi connectivity index (χ2n) is 3.91. The lowest BCUT2D eigenvalue weighted by atomic mass is 10.3. The van der Waals surface area contributed by atoms with E-state index >= 15 is 0 Å². The zero-order chi connectivity index (χ0) is 12.3. The molecule has 5 nitrogen and oxygen atoms in total. The first-order chi connectivity index (χ1) is 8.19. The van der Waals surface area contributed by atoms with Crippen molar-refractivity contribution >= 4 is 11.5 Å². The summed E-state index contributed by atoms with van der Waals surface area (Å²) in [6.45, 7) is 2.65. The SMILES string of the molecule is Cc1ccc(CN(C)c2ccnc(NN)c2)o1. The van der Waals surface area contributed by atoms with Crippen LogP contribution in [0.15, 0.2) is 34.9 Å². The fourth-order valence-electron chi connectivity index (χ4n) is 1.63. The van der Waals surface area contributed by atoms with Crippen molar-refractivity contribution in [1.29, 1.82) is 0 Å². The maximum atomic E-state index is 5.53. The highest BCUT2D eigenvalue weighted by molar-refractivity contribution is 5.52. The Bertz CT molecular complexity index is 495. The molecule has 90 valence electrons. The lowest BCUT2D eigenvalue weighted by molar-refractivity contribution is 0.482. The van der Waals surface area contributed by atoms with Crippen LogP contribution in [-0.2, 0) is 6.54 Å². The van der Waals surface area contributed by atoms with Crippen molar-refractivity contribution in [2.75, 3.05) is 17.4 Å². The highest BCUT2D eigenvalue weighted by atomic mass is 16.3. The van der Waals surface area contributed by atoms with Crippen LogP contribution >= 0.6 is 0 Å². The predicted octanol–water partition coefficient (Wildman–Crippen LogP) is 1.91. The Kier molecular flexibility index (Phi) is 3.30. The molecule has 2 rings (SSSR count). The third kappa shape index (κ3) is 2.76. The lowest BCUT2D eigenvalue weighted by Gasteiger charge is -2.18. The summed E-state index contributed by atoms with van der Waals surface area (Å²) in [6, 6.07) is 7.75. The molecular weight excluding hydrogens is 216 g/mol. The number of nitrogens with one attached hydrogen (secondary N) is 1. The fourth-order valence-corrected chi connectivity index (χ4v) is 1.63. The number of rotatable bonds is 4. The standard InChI is InChI=1S/C12H16N4O/c1-9-3-4-11(17-9)8-16(2)10-5-6-14-12(7-10)15-13/h3-7H,8,13H2,1-2H3,(H,14,15). The van der Waals surface area contributed by atoms with E-state index in [1.807, 2.05) is 38.2 Å². The monoisotopic (exact) mass is 232 g/mol. The Morgan fingerprint density at radius 1 is 1.41 bits per heavy atom. The number of hydrogen-bond donors (Lipinski definition) is 2. The van der Waals surface area contributed by atoms with Gasteiger partial charge in [0.25, 0.3) is 0 Å². The number of nitrogen functional groups attached to an aromatic ring is 1. The third-order valence-electron chi connectivity index (χ3n) is 2.52. The van der Waals surface area contributed by atoms with Gasteiger partial charge in [-0.2, -0.15) is 0 Å². The molecule has 3 N–H and O–H groups in total. The Balaban J connectivity index is 2.11. The molecular formula is C12H16N4O. The van der Waals surface area contributed by atoms with Gasteiger partial charge < -0.3 is 14.7 Å². The van der Waals surface area contributed by atoms with Crippen LogP contribution in [0.25, 0.3) is 0 Å². The topological polar surface area (TPSA) is 67.3 Å². The van der Waals surface area contributed by atoms with Gasteiger partial charge in [-0.25, -0.2) is 10.8 Å². The summed E-state index contributed by atoms with van der Waals surface area (Å²) in [5, 5.41) is 0. The molecule has 0 aliphatic heterocycles. The van der Waals surface area contributed by atoms with E-state index in [2.05, 4.69) is 15.3 Å². The number of aromatic nitrogens is 1. The minimum atomic E-state index is 0.643. The highest BCUT2D eigenvalue weighted by Gasteiger charge is 2.06. The van der Waals surface area contributed by atoms with E-state index in [1.54, 1.807) is 6.20 Å². The smallest absolute Gasteiger partial charge is 0.141 e. The second kappa shape index (κ2) is 4.88. The van der Waals surface area contributed by atoms with Gasteiger partial charge in [-0.3, -0.25) is 0 Å². The van der Waals surface area contributed by atoms with Gasteiger partial charge in [0.1, 0.15) is 17.3 Å². The van der Waals surface area contributed by atoms with E-state index in [4.69, 9.17) is 10.3 Å². The zero-order valence-electron chi connectivity index (χ0n) is 9.97. The molecule has 0 unspecified atom stereocenters. The summed E-state index contributed by atoms with van der Waals surface area (Å²) in [6.07, 6.45) is 1.72. The molecule has 0 saturated carbocycles. The number of hydrazine groups is 1. The van der Waals surface area contributed by atoms with Crippen molar-refractivity contribution in [3.8, 4) is 0 Å². The molecule has 0 radical (unpaired) electrons. The van der Waals surface area contributed by atoms with Crippen molar-refractivity contribution in [2.45, 2.75) is 13.5 Å². The number of anilines is 2. The van der Waals surface area contributed by atoms with Crippen molar-refractivity contribution in [3.05, 3.63) is 42.0 Å². The lowest BCUT2D eigenvalue weighted by Crippen LogP contribution is -2.17. The summed E-state index contributed by atoms with van der Waals surface area (Å²) < 4.78 is 5.53. The molecule has 0 aromatic carbocycles. The van der Waals surface area contributed by atoms with Gasteiger partial charge in [0.2, 0.25) is 0 Å². The summed E-state index contributed by atoms with van der Waals surface area (Å²) in [5.41, 5.74) is 3.56. The van der Waals surface area contributed by atoms with Gasteiger partial charge >= 0.3 is 0 Å². The maximum Gasteiger partial charge on any atom is 0.141 e. The van der Waals surface area contributed by atoms with Gasteiger partial charge in [-0.1, -0.05) is 0 Å². The first-order valence-corrected chi connectivity index (χ1v) is 5.38. The van der Waals surface area contributed by atoms with E-state index in [-0.39, 0.29) is 0 Å². The van der Waals surface area contributed by atoms with Gasteiger partial charge in [-0.15, -0.1) is 0 Å². The quantitative estimate of drug-likeness (QED) is 0.622. The van der Waals surface area contributed by atoms with E-state index in [0.717, 1.165) is 17.2 Å². The molecule has 0 saturated heterocycles. The molecule has 2 heterocycles. The first kappa shape index (κ1) is 11.5. The molecule has 17 heavy (non-hydrogen) atoms. The van der Waals surface area contributed by atoms with E-state index in [1.165, 1.54) is 0 Å². The molecule has 2 aromatic heterocycles. The largest absolute Gasteiger partial charge is 0.464 e. The molecule has 2 aromatic rings. The van der Waals surface area contributed by atoms with E-state index in [0.29, 0.717) is 12.4 Å². The normalized spacial score (nSPS) is 10.3. The molecule has 0 bridgehead atoms. The molecule has 0 aliphatic carbocycles. The van der Waals surface area contributed by atoms with Crippen LogP contribution in [0.2, 0.25) is 0 Å². The van der Waals surface area contributed by atoms with Gasteiger partial charge in [0.15, 0.2) is 0 Å². The third-order valence-corrected chi connectivity index (χ3v) is 2.52. The predicted molar refractivity (Wildman–Crippen MR) is 67.6 cm³/mol. The van der Waals surface area contributed by atoms with Gasteiger partial charge in [-0.05, 0) is 25.1 Å². The Hall–Kier alpha value is -2.01. The molecule has 0 atom stereocenters. The maximum absolute atomic E-state index is 5.53. The van der Waals surface area contributed by atoms with Crippen LogP contribution in [0.3, 0.4) is 0 Å². The number of aryl methyl sites for hydroxylation is 1. The first-order valence-electron chi connectivity index (χ1n) is 5.38. The van der Waals surface area contributed by atoms with Gasteiger partial charge in [0.05, 0.1) is 6.54 Å². The van der Waals surface area contributed by atoms with Crippen LogP contribution in [0.5, 0.6) is 0 Å². The number of nitrogens with two attached hydrogens (primary N) is 1. The summed E-state index contributed by atoms with van der Waals surface area (Å²) in [5.74, 6) is 7.83. The van der Waals surface area contributed by atoms with Crippen molar-refractivity contribution in [1.82, 2.24) is 4.98 Å². The van der Waals surface area contributed by atoms with E-state index in [9.17, 15) is 0 Å². The van der Waals surface area contributed by atoms with Gasteiger partial charge in [0, 0.05) is 25.0 Å².